The first-order valence-electron chi connectivity index (χ1n) is 9.35. The number of fused-ring (bicyclic) bond motifs is 3. The minimum atomic E-state index is -0.240. The molecule has 1 aliphatic heterocycles. The van der Waals surface area contributed by atoms with Crippen LogP contribution >= 0.6 is 0 Å². The van der Waals surface area contributed by atoms with Crippen molar-refractivity contribution in [2.75, 3.05) is 13.2 Å². The Morgan fingerprint density at radius 3 is 3.00 bits per heavy atom. The van der Waals surface area contributed by atoms with Crippen LogP contribution < -0.4 is 0 Å². The highest BCUT2D eigenvalue weighted by atomic mass is 19.1. The van der Waals surface area contributed by atoms with Crippen molar-refractivity contribution in [1.82, 2.24) is 9.47 Å². The summed E-state index contributed by atoms with van der Waals surface area (Å²) in [6, 6.07) is 8.75. The quantitative estimate of drug-likeness (QED) is 0.618. The molecule has 142 valence electrons. The van der Waals surface area contributed by atoms with E-state index < -0.39 is 0 Å². The van der Waals surface area contributed by atoms with Gasteiger partial charge >= 0.3 is 5.97 Å². The number of hydrogen-bond donors (Lipinski definition) is 0. The second-order valence-electron chi connectivity index (χ2n) is 6.83. The molecule has 0 radical (unpaired) electrons. The average molecular weight is 370 g/mol. The molecule has 0 spiro atoms. The number of carbonyl (C=O) groups excluding carboxylic acids is 1. The van der Waals surface area contributed by atoms with E-state index in [2.05, 4.69) is 9.47 Å². The number of aryl methyl sites for hydroxylation is 1. The predicted molar refractivity (Wildman–Crippen MR) is 99.7 cm³/mol. The summed E-state index contributed by atoms with van der Waals surface area (Å²) in [5.74, 6) is 0.483. The van der Waals surface area contributed by atoms with E-state index in [0.717, 1.165) is 48.3 Å². The molecule has 0 bridgehead atoms. The summed E-state index contributed by atoms with van der Waals surface area (Å²) in [4.78, 5) is 14.1. The van der Waals surface area contributed by atoms with Crippen molar-refractivity contribution >= 4 is 16.9 Å². The predicted octanol–water partition coefficient (Wildman–Crippen LogP) is 3.88. The summed E-state index contributed by atoms with van der Waals surface area (Å²) < 4.78 is 26.6. The first kappa shape index (κ1) is 17.8. The number of carbonyl (C=O) groups is 1. The third-order valence-corrected chi connectivity index (χ3v) is 5.10. The highest BCUT2D eigenvalue weighted by Gasteiger charge is 2.25. The largest absolute Gasteiger partial charge is 0.468 e. The van der Waals surface area contributed by atoms with Crippen molar-refractivity contribution in [2.24, 2.45) is 0 Å². The van der Waals surface area contributed by atoms with Crippen LogP contribution in [0.5, 0.6) is 0 Å². The smallest absolute Gasteiger partial charge is 0.307 e. The first-order valence-corrected chi connectivity index (χ1v) is 9.35. The summed E-state index contributed by atoms with van der Waals surface area (Å²) in [5.41, 5.74) is 3.31. The van der Waals surface area contributed by atoms with Gasteiger partial charge in [0.1, 0.15) is 11.6 Å². The summed E-state index contributed by atoms with van der Waals surface area (Å²) in [6.07, 6.45) is 2.86. The second kappa shape index (κ2) is 7.56. The molecule has 0 aliphatic carbocycles. The number of hydrogen-bond acceptors (Lipinski definition) is 4. The Labute approximate surface area is 157 Å². The molecular weight excluding hydrogens is 347 g/mol. The lowest BCUT2D eigenvalue weighted by atomic mass is 10.0. The summed E-state index contributed by atoms with van der Waals surface area (Å²) in [5, 5.41) is 0.929. The van der Waals surface area contributed by atoms with Gasteiger partial charge < -0.3 is 13.7 Å². The Morgan fingerprint density at radius 2 is 2.22 bits per heavy atom. The molecule has 0 saturated carbocycles. The van der Waals surface area contributed by atoms with Crippen LogP contribution in [0.3, 0.4) is 0 Å². The fraction of sp³-hybridized carbons (Fsp3) is 0.381. The maximum atomic E-state index is 13.9. The summed E-state index contributed by atoms with van der Waals surface area (Å²) in [7, 11) is 0. The van der Waals surface area contributed by atoms with Gasteiger partial charge in [-0.2, -0.15) is 0 Å². The second-order valence-corrected chi connectivity index (χ2v) is 6.83. The summed E-state index contributed by atoms with van der Waals surface area (Å²) >= 11 is 0. The molecule has 0 unspecified atom stereocenters. The average Bonchev–Trinajstić information content (AvgIpc) is 3.26. The Balaban J connectivity index is 1.64. The minimum absolute atomic E-state index is 0.203. The Hall–Kier alpha value is -2.60. The van der Waals surface area contributed by atoms with Crippen molar-refractivity contribution in [3.63, 3.8) is 0 Å². The van der Waals surface area contributed by atoms with E-state index in [9.17, 15) is 9.18 Å². The number of ether oxygens (including phenoxy) is 1. The van der Waals surface area contributed by atoms with Crippen LogP contribution in [0, 0.1) is 5.82 Å². The van der Waals surface area contributed by atoms with Crippen LogP contribution in [0.4, 0.5) is 4.39 Å². The van der Waals surface area contributed by atoms with Gasteiger partial charge in [0, 0.05) is 42.7 Å². The highest BCUT2D eigenvalue weighted by Crippen LogP contribution is 2.32. The van der Waals surface area contributed by atoms with Gasteiger partial charge in [0.15, 0.2) is 0 Å². The maximum Gasteiger partial charge on any atom is 0.307 e. The summed E-state index contributed by atoms with van der Waals surface area (Å²) in [6.45, 7) is 5.11. The van der Waals surface area contributed by atoms with E-state index in [1.54, 1.807) is 19.3 Å². The molecule has 1 aromatic carbocycles. The Morgan fingerprint density at radius 1 is 1.33 bits per heavy atom. The topological polar surface area (TPSA) is 47.6 Å². The third kappa shape index (κ3) is 3.62. The zero-order valence-electron chi connectivity index (χ0n) is 15.4. The molecule has 0 amide bonds. The fourth-order valence-corrected chi connectivity index (χ4v) is 3.93. The SMILES string of the molecule is CCOC(=O)CCn1c2c(c3cc(F)ccc31)CN(Cc1ccco1)CC2. The van der Waals surface area contributed by atoms with Crippen LogP contribution in [0.25, 0.3) is 10.9 Å². The van der Waals surface area contributed by atoms with Gasteiger partial charge in [0.05, 0.1) is 25.8 Å². The molecule has 3 aromatic rings. The number of benzene rings is 1. The Kier molecular flexibility index (Phi) is 4.99. The van der Waals surface area contributed by atoms with E-state index in [-0.39, 0.29) is 11.8 Å². The molecule has 27 heavy (non-hydrogen) atoms. The van der Waals surface area contributed by atoms with Crippen molar-refractivity contribution in [1.29, 1.82) is 0 Å². The van der Waals surface area contributed by atoms with E-state index in [1.165, 1.54) is 11.8 Å². The monoisotopic (exact) mass is 370 g/mol. The Bertz CT molecular complexity index is 946. The lowest BCUT2D eigenvalue weighted by Crippen LogP contribution is -2.30. The van der Waals surface area contributed by atoms with Crippen LogP contribution in [0.2, 0.25) is 0 Å². The lowest BCUT2D eigenvalue weighted by Gasteiger charge is -2.27. The fourth-order valence-electron chi connectivity index (χ4n) is 3.93. The van der Waals surface area contributed by atoms with Gasteiger partial charge in [0.25, 0.3) is 0 Å². The van der Waals surface area contributed by atoms with Gasteiger partial charge in [-0.05, 0) is 42.8 Å². The van der Waals surface area contributed by atoms with Crippen molar-refractivity contribution in [3.8, 4) is 0 Å². The highest BCUT2D eigenvalue weighted by molar-refractivity contribution is 5.86. The van der Waals surface area contributed by atoms with E-state index in [4.69, 9.17) is 9.15 Å². The van der Waals surface area contributed by atoms with Gasteiger partial charge in [-0.3, -0.25) is 9.69 Å². The van der Waals surface area contributed by atoms with E-state index in [0.29, 0.717) is 19.6 Å². The molecule has 0 N–H and O–H groups in total. The third-order valence-electron chi connectivity index (χ3n) is 5.10. The van der Waals surface area contributed by atoms with Crippen molar-refractivity contribution < 1.29 is 18.3 Å². The maximum absolute atomic E-state index is 13.9. The van der Waals surface area contributed by atoms with Crippen molar-refractivity contribution in [2.45, 2.75) is 39.4 Å². The van der Waals surface area contributed by atoms with Crippen LogP contribution in [0.1, 0.15) is 30.4 Å². The van der Waals surface area contributed by atoms with Crippen LogP contribution in [-0.4, -0.2) is 28.6 Å². The van der Waals surface area contributed by atoms with Gasteiger partial charge in [-0.1, -0.05) is 0 Å². The molecule has 0 saturated heterocycles. The molecular formula is C21H23FN2O3. The van der Waals surface area contributed by atoms with Gasteiger partial charge in [-0.25, -0.2) is 4.39 Å². The molecule has 4 rings (SSSR count). The van der Waals surface area contributed by atoms with Crippen molar-refractivity contribution in [3.05, 3.63) is 59.4 Å². The first-order chi connectivity index (χ1) is 13.2. The van der Waals surface area contributed by atoms with E-state index >= 15 is 0 Å². The molecule has 3 heterocycles. The lowest BCUT2D eigenvalue weighted by molar-refractivity contribution is -0.143. The number of furan rings is 1. The minimum Gasteiger partial charge on any atom is -0.468 e. The number of aromatic nitrogens is 1. The van der Waals surface area contributed by atoms with Crippen LogP contribution in [-0.2, 0) is 35.6 Å². The molecule has 0 atom stereocenters. The van der Waals surface area contributed by atoms with Crippen LogP contribution in [0.15, 0.2) is 41.0 Å². The molecule has 0 fully saturated rings. The zero-order chi connectivity index (χ0) is 18.8. The normalized spacial score (nSPS) is 14.4. The zero-order valence-corrected chi connectivity index (χ0v) is 15.4. The number of esters is 1. The standard InChI is InChI=1S/C21H23FN2O3/c1-2-26-21(25)8-10-24-19-6-5-15(22)12-17(19)18-14-23(9-7-20(18)24)13-16-4-3-11-27-16/h3-6,11-12H,2,7-10,13-14H2,1H3. The number of halogens is 1. The van der Waals surface area contributed by atoms with Gasteiger partial charge in [0.2, 0.25) is 0 Å². The molecule has 1 aliphatic rings. The molecule has 6 heteroatoms. The van der Waals surface area contributed by atoms with E-state index in [1.807, 2.05) is 18.2 Å². The van der Waals surface area contributed by atoms with Gasteiger partial charge in [-0.15, -0.1) is 0 Å². The number of rotatable bonds is 6. The number of nitrogens with zero attached hydrogens (tertiary/aromatic N) is 2. The molecule has 2 aromatic heterocycles. The molecule has 5 nitrogen and oxygen atoms in total.